The topological polar surface area (TPSA) is 119 Å². The van der Waals surface area contributed by atoms with Gasteiger partial charge in [0.2, 0.25) is 10.0 Å². The lowest BCUT2D eigenvalue weighted by molar-refractivity contribution is 0.102. The van der Waals surface area contributed by atoms with E-state index in [1.807, 2.05) is 0 Å². The zero-order valence-electron chi connectivity index (χ0n) is 15.8. The van der Waals surface area contributed by atoms with Crippen molar-refractivity contribution < 1.29 is 26.4 Å². The molecule has 1 saturated carbocycles. The highest BCUT2D eigenvalue weighted by atomic mass is 32.2. The van der Waals surface area contributed by atoms with E-state index in [-0.39, 0.29) is 33.8 Å². The van der Waals surface area contributed by atoms with Gasteiger partial charge >= 0.3 is 0 Å². The van der Waals surface area contributed by atoms with E-state index < -0.39 is 25.8 Å². The molecule has 0 saturated heterocycles. The highest BCUT2D eigenvalue weighted by Crippen LogP contribution is 2.23. The van der Waals surface area contributed by atoms with Crippen molar-refractivity contribution in [2.24, 2.45) is 0 Å². The number of carbonyl (C=O) groups excluding carboxylic acids is 1. The fourth-order valence-corrected chi connectivity index (χ4v) is 5.08. The van der Waals surface area contributed by atoms with Crippen molar-refractivity contribution in [1.82, 2.24) is 4.72 Å². The number of methoxy groups -OCH3 is 1. The Balaban J connectivity index is 1.71. The molecule has 2 aromatic rings. The Bertz CT molecular complexity index is 1090. The number of hydrogen-bond acceptors (Lipinski definition) is 6. The van der Waals surface area contributed by atoms with Gasteiger partial charge < -0.3 is 10.1 Å². The molecule has 0 heterocycles. The first kappa shape index (κ1) is 21.4. The fourth-order valence-electron chi connectivity index (χ4n) is 2.56. The molecule has 2 aromatic carbocycles. The van der Waals surface area contributed by atoms with E-state index in [0.29, 0.717) is 5.69 Å². The molecule has 0 atom stereocenters. The first-order valence-corrected chi connectivity index (χ1v) is 12.1. The van der Waals surface area contributed by atoms with Gasteiger partial charge in [-0.25, -0.2) is 21.6 Å². The minimum absolute atomic E-state index is 0.0167. The molecule has 0 spiro atoms. The Morgan fingerprint density at radius 2 is 1.72 bits per heavy atom. The van der Waals surface area contributed by atoms with E-state index in [4.69, 9.17) is 4.74 Å². The lowest BCUT2D eigenvalue weighted by Crippen LogP contribution is -2.25. The summed E-state index contributed by atoms with van der Waals surface area (Å²) in [4.78, 5) is 12.6. The summed E-state index contributed by atoms with van der Waals surface area (Å²) in [6, 6.07) is 11.5. The van der Waals surface area contributed by atoms with E-state index in [0.717, 1.165) is 12.8 Å². The SMILES string of the molecule is COCCS(=O)(=O)c1ccc(C(=O)Nc2cccc(S(=O)(=O)NC3CC3)c2)cc1. The van der Waals surface area contributed by atoms with Crippen molar-refractivity contribution in [3.63, 3.8) is 0 Å². The van der Waals surface area contributed by atoms with Crippen LogP contribution in [-0.2, 0) is 24.6 Å². The summed E-state index contributed by atoms with van der Waals surface area (Å²) in [6.07, 6.45) is 1.65. The summed E-state index contributed by atoms with van der Waals surface area (Å²) >= 11 is 0. The van der Waals surface area contributed by atoms with Gasteiger partial charge in [-0.15, -0.1) is 0 Å². The molecular formula is C19H22N2O6S2. The third-order valence-electron chi connectivity index (χ3n) is 4.33. The predicted molar refractivity (Wildman–Crippen MR) is 108 cm³/mol. The predicted octanol–water partition coefficient (Wildman–Crippen LogP) is 1.80. The maximum absolute atomic E-state index is 12.5. The average Bonchev–Trinajstić information content (AvgIpc) is 3.50. The number of ether oxygens (including phenoxy) is 1. The highest BCUT2D eigenvalue weighted by Gasteiger charge is 2.28. The zero-order chi connectivity index (χ0) is 21.1. The van der Waals surface area contributed by atoms with Crippen LogP contribution in [0, 0.1) is 0 Å². The van der Waals surface area contributed by atoms with Crippen molar-refractivity contribution in [3.8, 4) is 0 Å². The van der Waals surface area contributed by atoms with Gasteiger partial charge in [0.05, 0.1) is 22.2 Å². The van der Waals surface area contributed by atoms with Crippen LogP contribution in [0.5, 0.6) is 0 Å². The minimum atomic E-state index is -3.63. The van der Waals surface area contributed by atoms with Crippen LogP contribution in [0.2, 0.25) is 0 Å². The van der Waals surface area contributed by atoms with Crippen molar-refractivity contribution in [2.45, 2.75) is 28.7 Å². The third-order valence-corrected chi connectivity index (χ3v) is 7.55. The van der Waals surface area contributed by atoms with Crippen molar-refractivity contribution in [3.05, 3.63) is 54.1 Å². The van der Waals surface area contributed by atoms with Gasteiger partial charge in [0.1, 0.15) is 0 Å². The molecule has 0 aliphatic heterocycles. The van der Waals surface area contributed by atoms with Gasteiger partial charge in [-0.05, 0) is 55.3 Å². The second-order valence-corrected chi connectivity index (χ2v) is 10.5. The Labute approximate surface area is 170 Å². The van der Waals surface area contributed by atoms with Crippen molar-refractivity contribution in [1.29, 1.82) is 0 Å². The van der Waals surface area contributed by atoms with E-state index in [1.54, 1.807) is 12.1 Å². The molecule has 156 valence electrons. The Kier molecular flexibility index (Phi) is 6.37. The van der Waals surface area contributed by atoms with Crippen LogP contribution < -0.4 is 10.0 Å². The van der Waals surface area contributed by atoms with Crippen molar-refractivity contribution >= 4 is 31.5 Å². The molecule has 0 bridgehead atoms. The molecule has 10 heteroatoms. The lowest BCUT2D eigenvalue weighted by atomic mass is 10.2. The van der Waals surface area contributed by atoms with Crippen molar-refractivity contribution in [2.75, 3.05) is 24.8 Å². The molecule has 1 fully saturated rings. The number of rotatable bonds is 9. The summed E-state index contributed by atoms with van der Waals surface area (Å²) in [5, 5.41) is 2.63. The van der Waals surface area contributed by atoms with Gasteiger partial charge in [0.25, 0.3) is 5.91 Å². The van der Waals surface area contributed by atoms with Gasteiger partial charge in [-0.3, -0.25) is 4.79 Å². The van der Waals surface area contributed by atoms with Gasteiger partial charge in [0, 0.05) is 24.4 Å². The summed E-state index contributed by atoms with van der Waals surface area (Å²) in [6.45, 7) is 0.0828. The molecule has 0 unspecified atom stereocenters. The maximum Gasteiger partial charge on any atom is 0.255 e. The number of hydrogen-bond donors (Lipinski definition) is 2. The van der Waals surface area contributed by atoms with E-state index in [1.165, 1.54) is 43.5 Å². The van der Waals surface area contributed by atoms with Gasteiger partial charge in [-0.2, -0.15) is 0 Å². The first-order chi connectivity index (χ1) is 13.7. The standard InChI is InChI=1S/C19H22N2O6S2/c1-27-11-12-28(23,24)17-9-5-14(6-10-17)19(22)20-16-3-2-4-18(13-16)29(25,26)21-15-7-8-15/h2-6,9-10,13,15,21H,7-8,11-12H2,1H3,(H,20,22). The smallest absolute Gasteiger partial charge is 0.255 e. The van der Waals surface area contributed by atoms with Crippen LogP contribution >= 0.6 is 0 Å². The van der Waals surface area contributed by atoms with Crippen LogP contribution in [-0.4, -0.2) is 48.3 Å². The second-order valence-electron chi connectivity index (χ2n) is 6.71. The quantitative estimate of drug-likeness (QED) is 0.616. The number of sulfonamides is 1. The van der Waals surface area contributed by atoms with E-state index in [9.17, 15) is 21.6 Å². The Hall–Kier alpha value is -2.27. The number of sulfone groups is 1. The van der Waals surface area contributed by atoms with Gasteiger partial charge in [0.15, 0.2) is 9.84 Å². The largest absolute Gasteiger partial charge is 0.384 e. The van der Waals surface area contributed by atoms with Crippen LogP contribution in [0.25, 0.3) is 0 Å². The maximum atomic E-state index is 12.5. The Morgan fingerprint density at radius 1 is 1.03 bits per heavy atom. The molecule has 1 amide bonds. The molecule has 1 aliphatic carbocycles. The van der Waals surface area contributed by atoms with Crippen LogP contribution in [0.15, 0.2) is 58.3 Å². The monoisotopic (exact) mass is 438 g/mol. The number of nitrogens with one attached hydrogen (secondary N) is 2. The Morgan fingerprint density at radius 3 is 2.34 bits per heavy atom. The van der Waals surface area contributed by atoms with Gasteiger partial charge in [-0.1, -0.05) is 6.07 Å². The molecule has 0 aromatic heterocycles. The van der Waals surface area contributed by atoms with E-state index in [2.05, 4.69) is 10.0 Å². The summed E-state index contributed by atoms with van der Waals surface area (Å²) in [7, 11) is -5.69. The van der Waals surface area contributed by atoms with Crippen LogP contribution in [0.3, 0.4) is 0 Å². The molecule has 1 aliphatic rings. The summed E-state index contributed by atoms with van der Waals surface area (Å²) in [5.41, 5.74) is 0.575. The lowest BCUT2D eigenvalue weighted by Gasteiger charge is -2.10. The van der Waals surface area contributed by atoms with Crippen LogP contribution in [0.4, 0.5) is 5.69 Å². The average molecular weight is 439 g/mol. The molecular weight excluding hydrogens is 416 g/mol. The third kappa shape index (κ3) is 5.63. The molecule has 3 rings (SSSR count). The second kappa shape index (κ2) is 8.62. The molecule has 0 radical (unpaired) electrons. The normalized spacial score (nSPS) is 14.5. The molecule has 8 nitrogen and oxygen atoms in total. The first-order valence-electron chi connectivity index (χ1n) is 8.97. The number of carbonyl (C=O) groups is 1. The zero-order valence-corrected chi connectivity index (χ0v) is 17.4. The fraction of sp³-hybridized carbons (Fsp3) is 0.316. The minimum Gasteiger partial charge on any atom is -0.384 e. The number of amides is 1. The number of anilines is 1. The summed E-state index contributed by atoms with van der Waals surface area (Å²) in [5.74, 6) is -0.624. The molecule has 29 heavy (non-hydrogen) atoms. The van der Waals surface area contributed by atoms with Crippen LogP contribution in [0.1, 0.15) is 23.2 Å². The molecule has 2 N–H and O–H groups in total. The highest BCUT2D eigenvalue weighted by molar-refractivity contribution is 7.91. The summed E-state index contributed by atoms with van der Waals surface area (Å²) < 4.78 is 56.3. The van der Waals surface area contributed by atoms with E-state index >= 15 is 0 Å². The number of benzene rings is 2.